The maximum absolute atomic E-state index is 7.49. The van der Waals surface area contributed by atoms with E-state index >= 15 is 0 Å². The summed E-state index contributed by atoms with van der Waals surface area (Å²) in [4.78, 5) is 12.3. The fourth-order valence-corrected chi connectivity index (χ4v) is 2.60. The van der Waals surface area contributed by atoms with Crippen LogP contribution in [-0.4, -0.2) is 25.4 Å². The fraction of sp³-hybridized carbons (Fsp3) is 0.0625. The van der Waals surface area contributed by atoms with Crippen molar-refractivity contribution in [1.29, 1.82) is 5.41 Å². The van der Waals surface area contributed by atoms with Gasteiger partial charge in [0, 0.05) is 5.56 Å². The van der Waals surface area contributed by atoms with E-state index in [9.17, 15) is 0 Å². The van der Waals surface area contributed by atoms with E-state index in [0.717, 1.165) is 27.9 Å². The highest BCUT2D eigenvalue weighted by Gasteiger charge is 2.08. The minimum atomic E-state index is 0.0498. The molecule has 4 N–H and O–H groups in total. The van der Waals surface area contributed by atoms with E-state index in [-0.39, 0.29) is 5.84 Å². The van der Waals surface area contributed by atoms with E-state index < -0.39 is 0 Å². The molecule has 6 nitrogen and oxygen atoms in total. The second-order valence-corrected chi connectivity index (χ2v) is 5.19. The molecule has 22 heavy (non-hydrogen) atoms. The molecule has 6 heteroatoms. The lowest BCUT2D eigenvalue weighted by atomic mass is 10.2. The molecule has 4 aromatic rings. The zero-order valence-electron chi connectivity index (χ0n) is 11.7. The molecule has 0 spiro atoms. The average Bonchev–Trinajstić information content (AvgIpc) is 3.10. The Balaban J connectivity index is 1.73. The number of hydrogen-bond donors (Lipinski definition) is 3. The lowest BCUT2D eigenvalue weighted by Gasteiger charge is -2.02. The fourth-order valence-electron chi connectivity index (χ4n) is 2.60. The van der Waals surface area contributed by atoms with E-state index in [1.54, 1.807) is 6.33 Å². The van der Waals surface area contributed by atoms with Gasteiger partial charge in [0.2, 0.25) is 0 Å². The van der Waals surface area contributed by atoms with Gasteiger partial charge in [-0.15, -0.1) is 0 Å². The molecule has 0 bridgehead atoms. The van der Waals surface area contributed by atoms with Crippen molar-refractivity contribution in [3.63, 3.8) is 0 Å². The van der Waals surface area contributed by atoms with Crippen molar-refractivity contribution in [1.82, 2.24) is 19.5 Å². The number of aromatic nitrogens is 4. The van der Waals surface area contributed by atoms with Crippen molar-refractivity contribution in [2.75, 3.05) is 0 Å². The van der Waals surface area contributed by atoms with Gasteiger partial charge in [-0.1, -0.05) is 12.1 Å². The number of H-pyrrole nitrogens is 1. The number of nitrogens with two attached hydrogens (primary N) is 1. The van der Waals surface area contributed by atoms with Crippen LogP contribution in [0.2, 0.25) is 0 Å². The van der Waals surface area contributed by atoms with Gasteiger partial charge in [-0.05, 0) is 30.3 Å². The molecular formula is C16H14N6. The number of benzene rings is 2. The lowest BCUT2D eigenvalue weighted by molar-refractivity contribution is 0.781. The van der Waals surface area contributed by atoms with Crippen LogP contribution < -0.4 is 5.73 Å². The number of fused-ring (bicyclic) bond motifs is 2. The van der Waals surface area contributed by atoms with Crippen LogP contribution in [0.1, 0.15) is 11.4 Å². The Kier molecular flexibility index (Phi) is 2.69. The molecule has 2 heterocycles. The van der Waals surface area contributed by atoms with Gasteiger partial charge in [0.15, 0.2) is 0 Å². The van der Waals surface area contributed by atoms with Gasteiger partial charge in [-0.2, -0.15) is 0 Å². The standard InChI is InChI=1S/C16H14N6/c17-16(18)10-5-6-14-13(7-10)19-9-22(14)8-15-20-11-3-1-2-4-12(11)21-15/h1-7,9H,8H2,(H3,17,18)(H,20,21). The number of nitrogens with zero attached hydrogens (tertiary/aromatic N) is 3. The van der Waals surface area contributed by atoms with Crippen LogP contribution in [0.25, 0.3) is 22.1 Å². The van der Waals surface area contributed by atoms with Gasteiger partial charge in [0.25, 0.3) is 0 Å². The highest BCUT2D eigenvalue weighted by atomic mass is 15.1. The molecule has 0 saturated carbocycles. The second kappa shape index (κ2) is 4.70. The van der Waals surface area contributed by atoms with Gasteiger partial charge in [-0.25, -0.2) is 9.97 Å². The molecule has 0 atom stereocenters. The topological polar surface area (TPSA) is 96.4 Å². The molecule has 0 unspecified atom stereocenters. The molecule has 2 aromatic carbocycles. The first-order valence-electron chi connectivity index (χ1n) is 6.93. The minimum absolute atomic E-state index is 0.0498. The first-order valence-corrected chi connectivity index (χ1v) is 6.93. The van der Waals surface area contributed by atoms with Gasteiger partial charge >= 0.3 is 0 Å². The summed E-state index contributed by atoms with van der Waals surface area (Å²) in [6.07, 6.45) is 1.78. The Morgan fingerprint density at radius 2 is 2.05 bits per heavy atom. The molecule has 0 saturated heterocycles. The van der Waals surface area contributed by atoms with E-state index in [0.29, 0.717) is 12.1 Å². The second-order valence-electron chi connectivity index (χ2n) is 5.19. The minimum Gasteiger partial charge on any atom is -0.384 e. The van der Waals surface area contributed by atoms with Crippen molar-refractivity contribution in [3.8, 4) is 0 Å². The summed E-state index contributed by atoms with van der Waals surface area (Å²) in [5.74, 6) is 0.935. The summed E-state index contributed by atoms with van der Waals surface area (Å²) in [6, 6.07) is 13.6. The Bertz CT molecular complexity index is 961. The van der Waals surface area contributed by atoms with Crippen LogP contribution >= 0.6 is 0 Å². The highest BCUT2D eigenvalue weighted by molar-refractivity contribution is 5.97. The summed E-state index contributed by atoms with van der Waals surface area (Å²) in [6.45, 7) is 0.616. The highest BCUT2D eigenvalue weighted by Crippen LogP contribution is 2.17. The molecule has 0 amide bonds. The lowest BCUT2D eigenvalue weighted by Crippen LogP contribution is -2.10. The largest absolute Gasteiger partial charge is 0.384 e. The Labute approximate surface area is 126 Å². The monoisotopic (exact) mass is 290 g/mol. The van der Waals surface area contributed by atoms with Crippen LogP contribution in [0.3, 0.4) is 0 Å². The molecule has 0 fully saturated rings. The summed E-state index contributed by atoms with van der Waals surface area (Å²) >= 11 is 0. The van der Waals surface area contributed by atoms with E-state index in [1.807, 2.05) is 47.0 Å². The van der Waals surface area contributed by atoms with Crippen molar-refractivity contribution in [2.45, 2.75) is 6.54 Å². The van der Waals surface area contributed by atoms with Crippen LogP contribution in [0.15, 0.2) is 48.8 Å². The third-order valence-electron chi connectivity index (χ3n) is 3.69. The molecule has 0 aliphatic heterocycles. The smallest absolute Gasteiger partial charge is 0.127 e. The van der Waals surface area contributed by atoms with Gasteiger partial charge < -0.3 is 15.3 Å². The number of rotatable bonds is 3. The number of nitrogens with one attached hydrogen (secondary N) is 2. The predicted molar refractivity (Wildman–Crippen MR) is 85.9 cm³/mol. The maximum atomic E-state index is 7.49. The van der Waals surface area contributed by atoms with Crippen LogP contribution in [-0.2, 0) is 6.54 Å². The number of amidine groups is 1. The third-order valence-corrected chi connectivity index (χ3v) is 3.69. The first kappa shape index (κ1) is 12.6. The number of imidazole rings is 2. The van der Waals surface area contributed by atoms with E-state index in [1.165, 1.54) is 0 Å². The average molecular weight is 290 g/mol. The summed E-state index contributed by atoms with van der Waals surface area (Å²) < 4.78 is 2.02. The van der Waals surface area contributed by atoms with Crippen molar-refractivity contribution in [3.05, 3.63) is 60.2 Å². The van der Waals surface area contributed by atoms with E-state index in [4.69, 9.17) is 11.1 Å². The molecule has 0 radical (unpaired) electrons. The quantitative estimate of drug-likeness (QED) is 0.399. The predicted octanol–water partition coefficient (Wildman–Crippen LogP) is 2.24. The normalized spacial score (nSPS) is 11.3. The van der Waals surface area contributed by atoms with Gasteiger partial charge in [0.1, 0.15) is 11.7 Å². The molecule has 0 aliphatic carbocycles. The SMILES string of the molecule is N=C(N)c1ccc2c(c1)ncn2Cc1nc2ccccc2[nH]1. The van der Waals surface area contributed by atoms with Crippen molar-refractivity contribution in [2.24, 2.45) is 5.73 Å². The number of hydrogen-bond acceptors (Lipinski definition) is 3. The first-order chi connectivity index (χ1) is 10.7. The number of nitrogen functional groups attached to an aromatic ring is 1. The Morgan fingerprint density at radius 3 is 2.86 bits per heavy atom. The van der Waals surface area contributed by atoms with Crippen LogP contribution in [0, 0.1) is 5.41 Å². The number of para-hydroxylation sites is 2. The summed E-state index contributed by atoms with van der Waals surface area (Å²) in [7, 11) is 0. The number of aromatic amines is 1. The Morgan fingerprint density at radius 1 is 1.18 bits per heavy atom. The van der Waals surface area contributed by atoms with Crippen molar-refractivity contribution < 1.29 is 0 Å². The van der Waals surface area contributed by atoms with Gasteiger partial charge in [-0.3, -0.25) is 5.41 Å². The molecule has 2 aromatic heterocycles. The third kappa shape index (κ3) is 2.01. The Hall–Kier alpha value is -3.15. The molecule has 108 valence electrons. The molecule has 0 aliphatic rings. The van der Waals surface area contributed by atoms with Crippen LogP contribution in [0.4, 0.5) is 0 Å². The zero-order valence-corrected chi connectivity index (χ0v) is 11.7. The van der Waals surface area contributed by atoms with Gasteiger partial charge in [0.05, 0.1) is 34.9 Å². The summed E-state index contributed by atoms with van der Waals surface area (Å²) in [5.41, 5.74) is 10.00. The van der Waals surface area contributed by atoms with Crippen LogP contribution in [0.5, 0.6) is 0 Å². The summed E-state index contributed by atoms with van der Waals surface area (Å²) in [5, 5.41) is 7.49. The molecular weight excluding hydrogens is 276 g/mol. The maximum Gasteiger partial charge on any atom is 0.127 e. The zero-order chi connectivity index (χ0) is 15.1. The van der Waals surface area contributed by atoms with Crippen molar-refractivity contribution >= 4 is 27.9 Å². The molecule has 4 rings (SSSR count). The van der Waals surface area contributed by atoms with E-state index in [2.05, 4.69) is 15.0 Å².